The molecular formula is C20H24F3N7O2. The molecule has 4 heterocycles. The van der Waals surface area contributed by atoms with Crippen LogP contribution in [0.1, 0.15) is 44.7 Å². The molecule has 1 aliphatic rings. The maximum atomic E-state index is 13.5. The molecule has 32 heavy (non-hydrogen) atoms. The van der Waals surface area contributed by atoms with Crippen molar-refractivity contribution in [1.29, 1.82) is 0 Å². The molecule has 0 spiro atoms. The summed E-state index contributed by atoms with van der Waals surface area (Å²) in [5.41, 5.74) is 0.445. The second-order valence-corrected chi connectivity index (χ2v) is 7.88. The van der Waals surface area contributed by atoms with Gasteiger partial charge in [0, 0.05) is 25.4 Å². The second-order valence-electron chi connectivity index (χ2n) is 7.88. The van der Waals surface area contributed by atoms with E-state index in [-0.39, 0.29) is 28.8 Å². The number of fused-ring (bicyclic) bond motifs is 1. The van der Waals surface area contributed by atoms with Crippen molar-refractivity contribution in [3.05, 3.63) is 30.4 Å². The van der Waals surface area contributed by atoms with Crippen molar-refractivity contribution < 1.29 is 23.4 Å². The van der Waals surface area contributed by atoms with Crippen molar-refractivity contribution in [3.63, 3.8) is 0 Å². The zero-order valence-electron chi connectivity index (χ0n) is 17.6. The Hall–Kier alpha value is -2.99. The molecule has 1 saturated heterocycles. The molecule has 12 heteroatoms. The Morgan fingerprint density at radius 3 is 2.50 bits per heavy atom. The molecule has 0 unspecified atom stereocenters. The number of halogens is 3. The molecule has 0 amide bonds. The summed E-state index contributed by atoms with van der Waals surface area (Å²) in [6.07, 6.45) is -1.82. The predicted molar refractivity (Wildman–Crippen MR) is 112 cm³/mol. The summed E-state index contributed by atoms with van der Waals surface area (Å²) in [7, 11) is 0. The topological polar surface area (TPSA) is 112 Å². The zero-order valence-corrected chi connectivity index (χ0v) is 17.6. The summed E-state index contributed by atoms with van der Waals surface area (Å²) in [5.74, 6) is 1.12. The Bertz CT molecular complexity index is 1090. The SMILES string of the molecule is C[C@@H](O)c1nc2cnc(Nc3ccnc(N4CCC(O)CC4)n3)cc2n1[C@H](C)C(F)(F)F. The van der Waals surface area contributed by atoms with Gasteiger partial charge >= 0.3 is 6.18 Å². The first kappa shape index (κ1) is 22.2. The molecule has 2 atom stereocenters. The van der Waals surface area contributed by atoms with E-state index in [0.29, 0.717) is 37.7 Å². The highest BCUT2D eigenvalue weighted by atomic mass is 19.4. The predicted octanol–water partition coefficient (Wildman–Crippen LogP) is 3.10. The van der Waals surface area contributed by atoms with Crippen LogP contribution in [0, 0.1) is 0 Å². The lowest BCUT2D eigenvalue weighted by Gasteiger charge is -2.29. The molecule has 0 radical (unpaired) electrons. The van der Waals surface area contributed by atoms with Gasteiger partial charge in [0.1, 0.15) is 35.1 Å². The molecule has 1 aliphatic heterocycles. The average molecular weight is 451 g/mol. The number of nitrogens with one attached hydrogen (secondary N) is 1. The minimum absolute atomic E-state index is 0.0830. The van der Waals surface area contributed by atoms with Gasteiger partial charge in [-0.05, 0) is 32.8 Å². The van der Waals surface area contributed by atoms with Gasteiger partial charge in [-0.3, -0.25) is 0 Å². The van der Waals surface area contributed by atoms with Gasteiger partial charge in [-0.15, -0.1) is 0 Å². The molecule has 3 aromatic rings. The van der Waals surface area contributed by atoms with E-state index < -0.39 is 18.3 Å². The lowest BCUT2D eigenvalue weighted by molar-refractivity contribution is -0.163. The number of aliphatic hydroxyl groups is 2. The summed E-state index contributed by atoms with van der Waals surface area (Å²) in [6.45, 7) is 3.65. The van der Waals surface area contributed by atoms with Crippen LogP contribution in [0.25, 0.3) is 11.0 Å². The number of hydrogen-bond donors (Lipinski definition) is 3. The molecule has 172 valence electrons. The van der Waals surface area contributed by atoms with Crippen LogP contribution in [-0.2, 0) is 0 Å². The van der Waals surface area contributed by atoms with E-state index in [4.69, 9.17) is 0 Å². The number of pyridine rings is 1. The first-order valence-electron chi connectivity index (χ1n) is 10.3. The number of aromatic nitrogens is 5. The average Bonchev–Trinajstić information content (AvgIpc) is 3.12. The van der Waals surface area contributed by atoms with Gasteiger partial charge in [0.2, 0.25) is 5.95 Å². The van der Waals surface area contributed by atoms with Crippen molar-refractivity contribution in [2.75, 3.05) is 23.3 Å². The molecule has 0 aromatic carbocycles. The van der Waals surface area contributed by atoms with Gasteiger partial charge in [-0.1, -0.05) is 0 Å². The van der Waals surface area contributed by atoms with Crippen molar-refractivity contribution in [1.82, 2.24) is 24.5 Å². The maximum Gasteiger partial charge on any atom is 0.408 e. The van der Waals surface area contributed by atoms with Gasteiger partial charge < -0.3 is 25.0 Å². The normalized spacial score (nSPS) is 17.5. The Kier molecular flexibility index (Phi) is 5.91. The molecular weight excluding hydrogens is 427 g/mol. The first-order valence-corrected chi connectivity index (χ1v) is 10.3. The van der Waals surface area contributed by atoms with Crippen molar-refractivity contribution in [3.8, 4) is 0 Å². The lowest BCUT2D eigenvalue weighted by atomic mass is 10.1. The van der Waals surface area contributed by atoms with Gasteiger partial charge in [0.15, 0.2) is 0 Å². The molecule has 3 aromatic heterocycles. The van der Waals surface area contributed by atoms with Gasteiger partial charge in [-0.2, -0.15) is 18.2 Å². The molecule has 9 nitrogen and oxygen atoms in total. The highest BCUT2D eigenvalue weighted by Gasteiger charge is 2.40. The highest BCUT2D eigenvalue weighted by molar-refractivity contribution is 5.79. The van der Waals surface area contributed by atoms with Crippen LogP contribution in [0.3, 0.4) is 0 Å². The maximum absolute atomic E-state index is 13.5. The zero-order chi connectivity index (χ0) is 23.0. The molecule has 0 bridgehead atoms. The van der Waals surface area contributed by atoms with Crippen LogP contribution in [-0.4, -0.2) is 60.1 Å². The number of anilines is 3. The third-order valence-corrected chi connectivity index (χ3v) is 5.48. The third-order valence-electron chi connectivity index (χ3n) is 5.48. The van der Waals surface area contributed by atoms with Gasteiger partial charge in [0.05, 0.1) is 17.8 Å². The van der Waals surface area contributed by atoms with Crippen LogP contribution < -0.4 is 10.2 Å². The second kappa shape index (κ2) is 8.51. The van der Waals surface area contributed by atoms with E-state index in [0.717, 1.165) is 11.5 Å². The fourth-order valence-electron chi connectivity index (χ4n) is 3.70. The van der Waals surface area contributed by atoms with Gasteiger partial charge in [0.25, 0.3) is 0 Å². The number of nitrogens with zero attached hydrogens (tertiary/aromatic N) is 6. The summed E-state index contributed by atoms with van der Waals surface area (Å²) in [6, 6.07) is 1.20. The van der Waals surface area contributed by atoms with E-state index in [1.807, 2.05) is 4.90 Å². The van der Waals surface area contributed by atoms with Crippen LogP contribution in [0.5, 0.6) is 0 Å². The third kappa shape index (κ3) is 4.46. The number of alkyl halides is 3. The Morgan fingerprint density at radius 2 is 1.84 bits per heavy atom. The highest BCUT2D eigenvalue weighted by Crippen LogP contribution is 2.36. The number of imidazole rings is 1. The van der Waals surface area contributed by atoms with Crippen LogP contribution in [0.4, 0.5) is 30.8 Å². The molecule has 1 fully saturated rings. The van der Waals surface area contributed by atoms with E-state index in [2.05, 4.69) is 25.3 Å². The summed E-state index contributed by atoms with van der Waals surface area (Å²) in [4.78, 5) is 19.1. The number of piperidine rings is 1. The fraction of sp³-hybridized carbons (Fsp3) is 0.500. The number of hydrogen-bond acceptors (Lipinski definition) is 8. The summed E-state index contributed by atoms with van der Waals surface area (Å²) < 4.78 is 41.4. The van der Waals surface area contributed by atoms with E-state index in [1.165, 1.54) is 19.2 Å². The lowest BCUT2D eigenvalue weighted by Crippen LogP contribution is -2.36. The Balaban J connectivity index is 1.65. The Morgan fingerprint density at radius 1 is 1.12 bits per heavy atom. The Labute approximate surface area is 182 Å². The van der Waals surface area contributed by atoms with Crippen molar-refractivity contribution >= 4 is 28.6 Å². The van der Waals surface area contributed by atoms with Crippen LogP contribution >= 0.6 is 0 Å². The standard InChI is InChI=1S/C20H24F3N7O2/c1-11(31)18-26-14-10-25-17(9-15(14)30(18)12(2)20(21,22)23)27-16-3-6-24-19(28-16)29-7-4-13(32)5-8-29/h3,6,9-13,31-32H,4-5,7-8H2,1-2H3,(H,24,25,27,28)/t11-,12-/m1/s1. The van der Waals surface area contributed by atoms with Gasteiger partial charge in [-0.25, -0.2) is 15.0 Å². The van der Waals surface area contributed by atoms with E-state index in [1.54, 1.807) is 12.3 Å². The minimum atomic E-state index is -4.52. The monoisotopic (exact) mass is 451 g/mol. The van der Waals surface area contributed by atoms with Crippen molar-refractivity contribution in [2.24, 2.45) is 0 Å². The fourth-order valence-corrected chi connectivity index (χ4v) is 3.70. The molecule has 4 rings (SSSR count). The minimum Gasteiger partial charge on any atom is -0.393 e. The quantitative estimate of drug-likeness (QED) is 0.543. The summed E-state index contributed by atoms with van der Waals surface area (Å²) >= 11 is 0. The van der Waals surface area contributed by atoms with Crippen LogP contribution in [0.15, 0.2) is 24.5 Å². The van der Waals surface area contributed by atoms with E-state index in [9.17, 15) is 23.4 Å². The molecule has 0 saturated carbocycles. The van der Waals surface area contributed by atoms with Crippen LogP contribution in [0.2, 0.25) is 0 Å². The smallest absolute Gasteiger partial charge is 0.393 e. The molecule has 3 N–H and O–H groups in total. The number of rotatable bonds is 5. The largest absolute Gasteiger partial charge is 0.408 e. The van der Waals surface area contributed by atoms with Crippen molar-refractivity contribution in [2.45, 2.75) is 51.1 Å². The summed E-state index contributed by atoms with van der Waals surface area (Å²) in [5, 5.41) is 22.7. The number of aliphatic hydroxyl groups excluding tert-OH is 2. The molecule has 0 aliphatic carbocycles. The van der Waals surface area contributed by atoms with E-state index >= 15 is 0 Å². The first-order chi connectivity index (χ1) is 15.1.